The molecule has 0 aromatic carbocycles. The third-order valence-corrected chi connectivity index (χ3v) is 3.21. The summed E-state index contributed by atoms with van der Waals surface area (Å²) in [5.74, 6) is 0.347. The molecule has 1 aromatic heterocycles. The maximum Gasteiger partial charge on any atom is 0.143 e. The summed E-state index contributed by atoms with van der Waals surface area (Å²) < 4.78 is 0. The van der Waals surface area contributed by atoms with Crippen LogP contribution in [-0.4, -0.2) is 23.9 Å². The van der Waals surface area contributed by atoms with Crippen LogP contribution in [0.2, 0.25) is 0 Å². The van der Waals surface area contributed by atoms with Crippen LogP contribution in [0.15, 0.2) is 5.38 Å². The van der Waals surface area contributed by atoms with E-state index < -0.39 is 0 Å². The molecule has 0 bridgehead atoms. The summed E-state index contributed by atoms with van der Waals surface area (Å²) in [6.45, 7) is 7.63. The van der Waals surface area contributed by atoms with Crippen LogP contribution < -0.4 is 5.32 Å². The number of rotatable bonds is 6. The number of nitrogens with zero attached hydrogens (tertiary/aromatic N) is 1. The largest absolute Gasteiger partial charge is 0.316 e. The molecule has 84 valence electrons. The molecule has 3 nitrogen and oxygen atoms in total. The van der Waals surface area contributed by atoms with E-state index in [1.54, 1.807) is 11.3 Å². The Hall–Kier alpha value is -0.740. The number of carbonyl (C=O) groups is 1. The molecule has 4 heteroatoms. The van der Waals surface area contributed by atoms with Gasteiger partial charge in [0.2, 0.25) is 0 Å². The smallest absolute Gasteiger partial charge is 0.143 e. The zero-order valence-electron chi connectivity index (χ0n) is 9.54. The number of nitrogens with one attached hydrogen (secondary N) is 1. The third kappa shape index (κ3) is 4.10. The second kappa shape index (κ2) is 5.98. The number of hydrogen-bond acceptors (Lipinski definition) is 4. The van der Waals surface area contributed by atoms with E-state index in [9.17, 15) is 4.79 Å². The normalized spacial score (nSPS) is 12.7. The maximum absolute atomic E-state index is 11.8. The van der Waals surface area contributed by atoms with Crippen LogP contribution in [0.4, 0.5) is 0 Å². The number of aromatic nitrogens is 1. The molecule has 1 unspecified atom stereocenters. The Morgan fingerprint density at radius 2 is 2.40 bits per heavy atom. The molecule has 0 saturated carbocycles. The molecule has 0 aliphatic rings. The summed E-state index contributed by atoms with van der Waals surface area (Å²) in [5.41, 5.74) is 1.00. The van der Waals surface area contributed by atoms with E-state index >= 15 is 0 Å². The first-order chi connectivity index (χ1) is 7.13. The molecule has 1 aromatic rings. The topological polar surface area (TPSA) is 42.0 Å². The highest BCUT2D eigenvalue weighted by molar-refractivity contribution is 7.09. The molecule has 1 rings (SSSR count). The fourth-order valence-corrected chi connectivity index (χ4v) is 2.06. The monoisotopic (exact) mass is 226 g/mol. The van der Waals surface area contributed by atoms with Crippen molar-refractivity contribution in [2.75, 3.05) is 13.1 Å². The van der Waals surface area contributed by atoms with Gasteiger partial charge >= 0.3 is 0 Å². The standard InChI is InChI=1S/C11H18N2OS/c1-4-12-6-8(2)10(14)5-11-13-9(3)7-15-11/h7-8,12H,4-6H2,1-3H3. The van der Waals surface area contributed by atoms with Crippen molar-refractivity contribution in [2.24, 2.45) is 5.92 Å². The van der Waals surface area contributed by atoms with Crippen molar-refractivity contribution in [1.82, 2.24) is 10.3 Å². The van der Waals surface area contributed by atoms with E-state index in [1.807, 2.05) is 26.2 Å². The molecule has 15 heavy (non-hydrogen) atoms. The summed E-state index contributed by atoms with van der Waals surface area (Å²) in [6.07, 6.45) is 0.477. The van der Waals surface area contributed by atoms with Crippen LogP contribution in [0.25, 0.3) is 0 Å². The van der Waals surface area contributed by atoms with Crippen LogP contribution in [0.1, 0.15) is 24.5 Å². The number of ketones is 1. The summed E-state index contributed by atoms with van der Waals surface area (Å²) in [7, 11) is 0. The SMILES string of the molecule is CCNCC(C)C(=O)Cc1nc(C)cs1. The Labute approximate surface area is 94.9 Å². The van der Waals surface area contributed by atoms with Gasteiger partial charge in [0.25, 0.3) is 0 Å². The summed E-state index contributed by atoms with van der Waals surface area (Å²) >= 11 is 1.57. The average Bonchev–Trinajstić information content (AvgIpc) is 2.60. The molecular formula is C11H18N2OS. The van der Waals surface area contributed by atoms with E-state index in [0.29, 0.717) is 6.42 Å². The molecule has 0 fully saturated rings. The predicted octanol–water partition coefficient (Wildman–Crippen LogP) is 1.81. The minimum Gasteiger partial charge on any atom is -0.316 e. The van der Waals surface area contributed by atoms with Gasteiger partial charge in [-0.1, -0.05) is 13.8 Å². The summed E-state index contributed by atoms with van der Waals surface area (Å²) in [4.78, 5) is 16.0. The van der Waals surface area contributed by atoms with Crippen LogP contribution in [0.5, 0.6) is 0 Å². The van der Waals surface area contributed by atoms with Gasteiger partial charge in [-0.15, -0.1) is 11.3 Å². The number of thiazole rings is 1. The van der Waals surface area contributed by atoms with Gasteiger partial charge in [0.05, 0.1) is 6.42 Å². The predicted molar refractivity (Wildman–Crippen MR) is 63.3 cm³/mol. The van der Waals surface area contributed by atoms with E-state index in [1.165, 1.54) is 0 Å². The Bertz CT molecular complexity index is 322. The van der Waals surface area contributed by atoms with Gasteiger partial charge in [-0.05, 0) is 13.5 Å². The Kier molecular flexibility index (Phi) is 4.91. The lowest BCUT2D eigenvalue weighted by molar-refractivity contribution is -0.121. The number of aryl methyl sites for hydroxylation is 1. The maximum atomic E-state index is 11.8. The lowest BCUT2D eigenvalue weighted by Gasteiger charge is -2.09. The highest BCUT2D eigenvalue weighted by atomic mass is 32.1. The lowest BCUT2D eigenvalue weighted by atomic mass is 10.0. The van der Waals surface area contributed by atoms with Crippen molar-refractivity contribution < 1.29 is 4.79 Å². The highest BCUT2D eigenvalue weighted by Gasteiger charge is 2.14. The Balaban J connectivity index is 2.41. The van der Waals surface area contributed by atoms with Gasteiger partial charge in [0.1, 0.15) is 10.8 Å². The van der Waals surface area contributed by atoms with Crippen molar-refractivity contribution in [1.29, 1.82) is 0 Å². The van der Waals surface area contributed by atoms with E-state index in [-0.39, 0.29) is 11.7 Å². The molecule has 1 atom stereocenters. The summed E-state index contributed by atoms with van der Waals surface area (Å²) in [6, 6.07) is 0. The number of hydrogen-bond donors (Lipinski definition) is 1. The molecule has 1 heterocycles. The molecular weight excluding hydrogens is 208 g/mol. The number of carbonyl (C=O) groups excluding carboxylic acids is 1. The minimum absolute atomic E-state index is 0.0779. The molecule has 0 amide bonds. The van der Waals surface area contributed by atoms with Crippen molar-refractivity contribution >= 4 is 17.1 Å². The average molecular weight is 226 g/mol. The molecule has 0 saturated heterocycles. The van der Waals surface area contributed by atoms with Crippen molar-refractivity contribution in [3.05, 3.63) is 16.1 Å². The first-order valence-electron chi connectivity index (χ1n) is 5.28. The van der Waals surface area contributed by atoms with Crippen LogP contribution in [-0.2, 0) is 11.2 Å². The van der Waals surface area contributed by atoms with Crippen LogP contribution in [0.3, 0.4) is 0 Å². The lowest BCUT2D eigenvalue weighted by Crippen LogP contribution is -2.27. The molecule has 0 radical (unpaired) electrons. The van der Waals surface area contributed by atoms with Crippen molar-refractivity contribution in [3.8, 4) is 0 Å². The fourth-order valence-electron chi connectivity index (χ4n) is 1.28. The van der Waals surface area contributed by atoms with Gasteiger partial charge in [-0.25, -0.2) is 4.98 Å². The van der Waals surface area contributed by atoms with Crippen LogP contribution >= 0.6 is 11.3 Å². The quantitative estimate of drug-likeness (QED) is 0.804. The van der Waals surface area contributed by atoms with E-state index in [0.717, 1.165) is 23.8 Å². The molecule has 1 N–H and O–H groups in total. The summed E-state index contributed by atoms with van der Waals surface area (Å²) in [5, 5.41) is 6.10. The second-order valence-electron chi connectivity index (χ2n) is 3.73. The van der Waals surface area contributed by atoms with Crippen LogP contribution in [0, 0.1) is 12.8 Å². The molecule has 0 aliphatic heterocycles. The van der Waals surface area contributed by atoms with Crippen molar-refractivity contribution in [2.45, 2.75) is 27.2 Å². The van der Waals surface area contributed by atoms with Gasteiger partial charge in [-0.2, -0.15) is 0 Å². The highest BCUT2D eigenvalue weighted by Crippen LogP contribution is 2.11. The second-order valence-corrected chi connectivity index (χ2v) is 4.68. The zero-order valence-corrected chi connectivity index (χ0v) is 10.4. The van der Waals surface area contributed by atoms with Gasteiger partial charge in [-0.3, -0.25) is 4.79 Å². The van der Waals surface area contributed by atoms with Gasteiger partial charge < -0.3 is 5.32 Å². The van der Waals surface area contributed by atoms with Crippen molar-refractivity contribution in [3.63, 3.8) is 0 Å². The van der Waals surface area contributed by atoms with E-state index in [4.69, 9.17) is 0 Å². The fraction of sp³-hybridized carbons (Fsp3) is 0.636. The number of Topliss-reactive ketones (excluding diaryl/α,β-unsaturated/α-hetero) is 1. The Morgan fingerprint density at radius 1 is 1.67 bits per heavy atom. The minimum atomic E-state index is 0.0779. The Morgan fingerprint density at radius 3 is 2.93 bits per heavy atom. The first kappa shape index (κ1) is 12.3. The zero-order chi connectivity index (χ0) is 11.3. The van der Waals surface area contributed by atoms with Gasteiger partial charge in [0, 0.05) is 23.5 Å². The third-order valence-electron chi connectivity index (χ3n) is 2.24. The van der Waals surface area contributed by atoms with E-state index in [2.05, 4.69) is 10.3 Å². The van der Waals surface area contributed by atoms with Gasteiger partial charge in [0.15, 0.2) is 0 Å². The molecule has 0 aliphatic carbocycles. The molecule has 0 spiro atoms. The first-order valence-corrected chi connectivity index (χ1v) is 6.16.